The second-order valence-corrected chi connectivity index (χ2v) is 8.10. The van der Waals surface area contributed by atoms with Gasteiger partial charge in [-0.15, -0.1) is 0 Å². The lowest BCUT2D eigenvalue weighted by molar-refractivity contribution is -0.116. The number of pyridine rings is 1. The molecule has 3 aromatic rings. The minimum Gasteiger partial charge on any atom is -0.378 e. The Morgan fingerprint density at radius 3 is 2.83 bits per heavy atom. The van der Waals surface area contributed by atoms with Gasteiger partial charge in [-0.1, -0.05) is 48.6 Å². The highest BCUT2D eigenvalue weighted by atomic mass is 16.1. The van der Waals surface area contributed by atoms with Gasteiger partial charge in [0.05, 0.1) is 6.04 Å². The number of nitrogens with zero attached hydrogens (tertiary/aromatic N) is 1. The van der Waals surface area contributed by atoms with Crippen LogP contribution >= 0.6 is 0 Å². The van der Waals surface area contributed by atoms with E-state index in [4.69, 9.17) is 0 Å². The fourth-order valence-corrected chi connectivity index (χ4v) is 4.69. The SMILES string of the molecule is O=C(CCc1ccccc1)Nc1ccc2c(c1)C1C=CCC1C(c1cccnc1)N2. The molecule has 2 heterocycles. The largest absolute Gasteiger partial charge is 0.378 e. The van der Waals surface area contributed by atoms with Gasteiger partial charge < -0.3 is 10.6 Å². The molecule has 2 N–H and O–H groups in total. The maximum atomic E-state index is 12.5. The highest BCUT2D eigenvalue weighted by molar-refractivity contribution is 5.91. The predicted molar refractivity (Wildman–Crippen MR) is 120 cm³/mol. The van der Waals surface area contributed by atoms with E-state index in [9.17, 15) is 4.79 Å². The van der Waals surface area contributed by atoms with Crippen molar-refractivity contribution in [1.82, 2.24) is 4.98 Å². The lowest BCUT2D eigenvalue weighted by Gasteiger charge is -2.37. The van der Waals surface area contributed by atoms with Crippen molar-refractivity contribution < 1.29 is 4.79 Å². The molecule has 0 saturated heterocycles. The molecule has 2 aliphatic rings. The molecule has 0 saturated carbocycles. The van der Waals surface area contributed by atoms with Gasteiger partial charge in [-0.3, -0.25) is 9.78 Å². The van der Waals surface area contributed by atoms with Crippen LogP contribution in [0.15, 0.2) is 85.2 Å². The summed E-state index contributed by atoms with van der Waals surface area (Å²) in [7, 11) is 0. The molecule has 3 unspecified atom stereocenters. The molecular formula is C26H25N3O. The molecule has 2 aromatic carbocycles. The molecule has 0 radical (unpaired) electrons. The Morgan fingerprint density at radius 2 is 2.00 bits per heavy atom. The molecule has 3 atom stereocenters. The average Bonchev–Trinajstić information content (AvgIpc) is 3.29. The smallest absolute Gasteiger partial charge is 0.224 e. The van der Waals surface area contributed by atoms with Crippen molar-refractivity contribution in [2.75, 3.05) is 10.6 Å². The van der Waals surface area contributed by atoms with Gasteiger partial charge >= 0.3 is 0 Å². The molecule has 1 aliphatic carbocycles. The molecule has 4 heteroatoms. The van der Waals surface area contributed by atoms with E-state index in [-0.39, 0.29) is 11.9 Å². The Hall–Kier alpha value is -3.40. The van der Waals surface area contributed by atoms with Crippen LogP contribution in [0, 0.1) is 5.92 Å². The van der Waals surface area contributed by atoms with Crippen molar-refractivity contribution in [2.45, 2.75) is 31.2 Å². The fourth-order valence-electron chi connectivity index (χ4n) is 4.69. The average molecular weight is 396 g/mol. The number of rotatable bonds is 5. The molecule has 0 fully saturated rings. The van der Waals surface area contributed by atoms with Crippen molar-refractivity contribution in [1.29, 1.82) is 0 Å². The zero-order valence-corrected chi connectivity index (χ0v) is 16.8. The lowest BCUT2D eigenvalue weighted by atomic mass is 9.77. The molecule has 1 aliphatic heterocycles. The number of allylic oxidation sites excluding steroid dienone is 2. The first kappa shape index (κ1) is 18.6. The predicted octanol–water partition coefficient (Wildman–Crippen LogP) is 5.48. The minimum absolute atomic E-state index is 0.0503. The van der Waals surface area contributed by atoms with Crippen LogP contribution in [0.4, 0.5) is 11.4 Å². The summed E-state index contributed by atoms with van der Waals surface area (Å²) in [5.74, 6) is 0.868. The molecule has 5 rings (SSSR count). The quantitative estimate of drug-likeness (QED) is 0.563. The zero-order chi connectivity index (χ0) is 20.3. The number of nitrogens with one attached hydrogen (secondary N) is 2. The Kier molecular flexibility index (Phi) is 5.06. The lowest BCUT2D eigenvalue weighted by Crippen LogP contribution is -2.29. The van der Waals surface area contributed by atoms with Crippen LogP contribution in [0.5, 0.6) is 0 Å². The van der Waals surface area contributed by atoms with E-state index in [1.807, 2.05) is 42.7 Å². The molecule has 150 valence electrons. The van der Waals surface area contributed by atoms with E-state index in [2.05, 4.69) is 58.1 Å². The summed E-state index contributed by atoms with van der Waals surface area (Å²) in [4.78, 5) is 16.8. The Balaban J connectivity index is 1.32. The molecule has 4 nitrogen and oxygen atoms in total. The fraction of sp³-hybridized carbons (Fsp3) is 0.231. The number of fused-ring (bicyclic) bond motifs is 3. The molecule has 1 aromatic heterocycles. The summed E-state index contributed by atoms with van der Waals surface area (Å²) in [6.45, 7) is 0. The maximum Gasteiger partial charge on any atom is 0.224 e. The topological polar surface area (TPSA) is 54.0 Å². The van der Waals surface area contributed by atoms with Gasteiger partial charge in [0.25, 0.3) is 0 Å². The summed E-state index contributed by atoms with van der Waals surface area (Å²) < 4.78 is 0. The summed E-state index contributed by atoms with van der Waals surface area (Å²) in [5, 5.41) is 6.80. The summed E-state index contributed by atoms with van der Waals surface area (Å²) in [6, 6.07) is 20.7. The molecule has 0 spiro atoms. The Bertz CT molecular complexity index is 1060. The number of carbonyl (C=O) groups excluding carboxylic acids is 1. The number of hydrogen-bond acceptors (Lipinski definition) is 3. The van der Waals surface area contributed by atoms with Crippen LogP contribution in [-0.4, -0.2) is 10.9 Å². The number of anilines is 2. The van der Waals surface area contributed by atoms with E-state index in [1.165, 1.54) is 16.7 Å². The van der Waals surface area contributed by atoms with Crippen molar-refractivity contribution in [3.8, 4) is 0 Å². The monoisotopic (exact) mass is 395 g/mol. The summed E-state index contributed by atoms with van der Waals surface area (Å²) in [5.41, 5.74) is 5.67. The van der Waals surface area contributed by atoms with Crippen molar-refractivity contribution in [3.05, 3.63) is 102 Å². The normalized spacial score (nSPS) is 21.4. The third kappa shape index (κ3) is 3.73. The van der Waals surface area contributed by atoms with Crippen LogP contribution in [0.1, 0.15) is 41.5 Å². The van der Waals surface area contributed by atoms with Crippen molar-refractivity contribution in [2.24, 2.45) is 5.92 Å². The van der Waals surface area contributed by atoms with E-state index in [1.54, 1.807) is 0 Å². The van der Waals surface area contributed by atoms with Gasteiger partial charge in [-0.05, 0) is 59.7 Å². The number of carbonyl (C=O) groups is 1. The second-order valence-electron chi connectivity index (χ2n) is 8.10. The van der Waals surface area contributed by atoms with Crippen molar-refractivity contribution in [3.63, 3.8) is 0 Å². The van der Waals surface area contributed by atoms with E-state index < -0.39 is 0 Å². The number of amides is 1. The maximum absolute atomic E-state index is 12.5. The van der Waals surface area contributed by atoms with Crippen molar-refractivity contribution >= 4 is 17.3 Å². The molecule has 1 amide bonds. The summed E-state index contributed by atoms with van der Waals surface area (Å²) >= 11 is 0. The Morgan fingerprint density at radius 1 is 1.10 bits per heavy atom. The first-order chi connectivity index (χ1) is 14.8. The van der Waals surface area contributed by atoms with E-state index in [0.717, 1.165) is 24.2 Å². The zero-order valence-electron chi connectivity index (χ0n) is 16.8. The van der Waals surface area contributed by atoms with Gasteiger partial charge in [-0.2, -0.15) is 0 Å². The highest BCUT2D eigenvalue weighted by Gasteiger charge is 2.38. The Labute approximate surface area is 177 Å². The third-order valence-electron chi connectivity index (χ3n) is 6.17. The van der Waals surface area contributed by atoms with Gasteiger partial charge in [0, 0.05) is 36.1 Å². The van der Waals surface area contributed by atoms with Crippen LogP contribution in [0.25, 0.3) is 0 Å². The molecule has 0 bridgehead atoms. The molecule has 30 heavy (non-hydrogen) atoms. The minimum atomic E-state index is 0.0503. The van der Waals surface area contributed by atoms with Gasteiger partial charge in [0.2, 0.25) is 5.91 Å². The first-order valence-electron chi connectivity index (χ1n) is 10.6. The third-order valence-corrected chi connectivity index (χ3v) is 6.17. The number of benzene rings is 2. The number of hydrogen-bond donors (Lipinski definition) is 2. The van der Waals surface area contributed by atoms with Gasteiger partial charge in [0.15, 0.2) is 0 Å². The second kappa shape index (κ2) is 8.15. The summed E-state index contributed by atoms with van der Waals surface area (Å²) in [6.07, 6.45) is 10.6. The van der Waals surface area contributed by atoms with E-state index in [0.29, 0.717) is 18.3 Å². The van der Waals surface area contributed by atoms with Crippen LogP contribution in [-0.2, 0) is 11.2 Å². The molecular weight excluding hydrogens is 370 g/mol. The van der Waals surface area contributed by atoms with E-state index >= 15 is 0 Å². The van der Waals surface area contributed by atoms with Crippen LogP contribution in [0.3, 0.4) is 0 Å². The van der Waals surface area contributed by atoms with Crippen LogP contribution < -0.4 is 10.6 Å². The van der Waals surface area contributed by atoms with Gasteiger partial charge in [0.1, 0.15) is 0 Å². The standard InChI is InChI=1S/C26H25N3O/c30-25(14-11-18-6-2-1-3-7-18)28-20-12-13-24-23(16-20)21-9-4-10-22(21)26(29-24)19-8-5-15-27-17-19/h1-9,12-13,15-17,21-22,26,29H,10-11,14H2,(H,28,30). The number of aryl methyl sites for hydroxylation is 1. The number of aromatic nitrogens is 1. The van der Waals surface area contributed by atoms with Gasteiger partial charge in [-0.25, -0.2) is 0 Å². The van der Waals surface area contributed by atoms with Crippen LogP contribution in [0.2, 0.25) is 0 Å². The highest BCUT2D eigenvalue weighted by Crippen LogP contribution is 2.50. The first-order valence-corrected chi connectivity index (χ1v) is 10.6.